The van der Waals surface area contributed by atoms with Crippen LogP contribution in [0.3, 0.4) is 0 Å². The molecule has 0 unspecified atom stereocenters. The smallest absolute Gasteiger partial charge is 0.337 e. The van der Waals surface area contributed by atoms with Crippen LogP contribution in [0.5, 0.6) is 0 Å². The number of hydrogen-bond donors (Lipinski definition) is 2. The fraction of sp³-hybridized carbons (Fsp3) is 0.364. The molecule has 154 valence electrons. The van der Waals surface area contributed by atoms with E-state index in [-0.39, 0.29) is 23.2 Å². The van der Waals surface area contributed by atoms with E-state index >= 15 is 0 Å². The normalized spacial score (nSPS) is 14.2. The first-order valence-corrected chi connectivity index (χ1v) is 9.76. The first kappa shape index (κ1) is 20.6. The average Bonchev–Trinajstić information content (AvgIpc) is 2.68. The Balaban J connectivity index is 1.71. The predicted molar refractivity (Wildman–Crippen MR) is 112 cm³/mol. The van der Waals surface area contributed by atoms with Crippen LogP contribution in [0, 0.1) is 11.7 Å². The number of para-hydroxylation sites is 1. The largest absolute Gasteiger partial charge is 0.478 e. The second-order valence-electron chi connectivity index (χ2n) is 7.61. The number of carboxylic acid groups (broad SMARTS) is 1. The third-order valence-electron chi connectivity index (χ3n) is 4.94. The summed E-state index contributed by atoms with van der Waals surface area (Å²) in [6, 6.07) is 11.7. The minimum Gasteiger partial charge on any atom is -0.478 e. The second kappa shape index (κ2) is 8.94. The van der Waals surface area contributed by atoms with E-state index < -0.39 is 5.97 Å². The molecule has 0 radical (unpaired) electrons. The number of nitrogens with one attached hydrogen (secondary N) is 1. The lowest BCUT2D eigenvalue weighted by molar-refractivity contribution is -0.116. The summed E-state index contributed by atoms with van der Waals surface area (Å²) in [6.07, 6.45) is 0.332. The molecular weight excluding hydrogens is 373 g/mol. The Morgan fingerprint density at radius 2 is 1.72 bits per heavy atom. The maximum absolute atomic E-state index is 14.0. The summed E-state index contributed by atoms with van der Waals surface area (Å²) in [5, 5.41) is 12.3. The number of anilines is 3. The number of amides is 1. The molecule has 29 heavy (non-hydrogen) atoms. The highest BCUT2D eigenvalue weighted by Gasteiger charge is 2.21. The van der Waals surface area contributed by atoms with Gasteiger partial charge in [-0.05, 0) is 36.2 Å². The topological polar surface area (TPSA) is 72.9 Å². The van der Waals surface area contributed by atoms with Crippen LogP contribution in [-0.4, -0.2) is 43.2 Å². The van der Waals surface area contributed by atoms with Crippen molar-refractivity contribution in [2.45, 2.75) is 20.3 Å². The van der Waals surface area contributed by atoms with Crippen LogP contribution in [-0.2, 0) is 4.79 Å². The van der Waals surface area contributed by atoms with Crippen molar-refractivity contribution in [3.63, 3.8) is 0 Å². The van der Waals surface area contributed by atoms with Crippen molar-refractivity contribution >= 4 is 28.9 Å². The van der Waals surface area contributed by atoms with Crippen LogP contribution >= 0.6 is 0 Å². The van der Waals surface area contributed by atoms with E-state index in [1.807, 2.05) is 30.9 Å². The standard InChI is InChI=1S/C22H26FN3O3/c1-15(2)13-21(27)24-19-8-7-16(14-17(19)22(28)29)25-9-11-26(12-10-25)20-6-4-3-5-18(20)23/h3-8,14-15H,9-13H2,1-2H3,(H,24,27)(H,28,29). The van der Waals surface area contributed by atoms with Gasteiger partial charge in [0.05, 0.1) is 16.9 Å². The van der Waals surface area contributed by atoms with Crippen LogP contribution in [0.25, 0.3) is 0 Å². The van der Waals surface area contributed by atoms with Crippen LogP contribution < -0.4 is 15.1 Å². The maximum Gasteiger partial charge on any atom is 0.337 e. The Morgan fingerprint density at radius 1 is 1.07 bits per heavy atom. The van der Waals surface area contributed by atoms with Gasteiger partial charge >= 0.3 is 5.97 Å². The lowest BCUT2D eigenvalue weighted by atomic mass is 10.1. The number of nitrogens with zero attached hydrogens (tertiary/aromatic N) is 2. The predicted octanol–water partition coefficient (Wildman–Crippen LogP) is 3.84. The van der Waals surface area contributed by atoms with E-state index in [2.05, 4.69) is 10.2 Å². The minimum atomic E-state index is -1.09. The molecule has 1 amide bonds. The van der Waals surface area contributed by atoms with Gasteiger partial charge in [-0.15, -0.1) is 0 Å². The number of hydrogen-bond acceptors (Lipinski definition) is 4. The number of carbonyl (C=O) groups excluding carboxylic acids is 1. The number of aromatic carboxylic acids is 1. The first-order valence-electron chi connectivity index (χ1n) is 9.76. The maximum atomic E-state index is 14.0. The molecule has 1 heterocycles. The molecule has 0 atom stereocenters. The van der Waals surface area contributed by atoms with Crippen molar-refractivity contribution < 1.29 is 19.1 Å². The van der Waals surface area contributed by atoms with Crippen LogP contribution in [0.1, 0.15) is 30.6 Å². The quantitative estimate of drug-likeness (QED) is 0.772. The summed E-state index contributed by atoms with van der Waals surface area (Å²) in [6.45, 7) is 6.43. The van der Waals surface area contributed by atoms with E-state index in [9.17, 15) is 19.1 Å². The zero-order chi connectivity index (χ0) is 21.0. The van der Waals surface area contributed by atoms with Gasteiger partial charge < -0.3 is 20.2 Å². The molecule has 0 aliphatic carbocycles. The molecule has 2 aromatic carbocycles. The first-order chi connectivity index (χ1) is 13.8. The molecular formula is C22H26FN3O3. The van der Waals surface area contributed by atoms with Gasteiger partial charge in [-0.3, -0.25) is 4.79 Å². The molecule has 2 N–H and O–H groups in total. The minimum absolute atomic E-state index is 0.0659. The Bertz CT molecular complexity index is 893. The van der Waals surface area contributed by atoms with Crippen molar-refractivity contribution in [2.75, 3.05) is 41.3 Å². The van der Waals surface area contributed by atoms with Gasteiger partial charge in [0.1, 0.15) is 5.82 Å². The van der Waals surface area contributed by atoms with Crippen molar-refractivity contribution in [1.82, 2.24) is 0 Å². The molecule has 6 nitrogen and oxygen atoms in total. The van der Waals surface area contributed by atoms with Gasteiger partial charge in [0.15, 0.2) is 0 Å². The zero-order valence-electron chi connectivity index (χ0n) is 16.7. The third-order valence-corrected chi connectivity index (χ3v) is 4.94. The Morgan fingerprint density at radius 3 is 2.34 bits per heavy atom. The molecule has 7 heteroatoms. The fourth-order valence-corrected chi connectivity index (χ4v) is 3.50. The van der Waals surface area contributed by atoms with Crippen molar-refractivity contribution in [3.05, 3.63) is 53.8 Å². The molecule has 3 rings (SSSR count). The highest BCUT2D eigenvalue weighted by Crippen LogP contribution is 2.27. The number of carboxylic acids is 1. The lowest BCUT2D eigenvalue weighted by Crippen LogP contribution is -2.46. The van der Waals surface area contributed by atoms with E-state index in [4.69, 9.17) is 0 Å². The van der Waals surface area contributed by atoms with E-state index in [0.717, 1.165) is 5.69 Å². The molecule has 0 saturated carbocycles. The van der Waals surface area contributed by atoms with Gasteiger partial charge in [0.25, 0.3) is 0 Å². The highest BCUT2D eigenvalue weighted by molar-refractivity contribution is 6.01. The third kappa shape index (κ3) is 5.04. The lowest BCUT2D eigenvalue weighted by Gasteiger charge is -2.37. The van der Waals surface area contributed by atoms with Gasteiger partial charge in [0, 0.05) is 38.3 Å². The van der Waals surface area contributed by atoms with Crippen LogP contribution in [0.2, 0.25) is 0 Å². The van der Waals surface area contributed by atoms with Crippen LogP contribution in [0.4, 0.5) is 21.5 Å². The summed E-state index contributed by atoms with van der Waals surface area (Å²) < 4.78 is 14.0. The monoisotopic (exact) mass is 399 g/mol. The number of carbonyl (C=O) groups is 2. The molecule has 1 fully saturated rings. The Labute approximate surface area is 169 Å². The van der Waals surface area contributed by atoms with Crippen molar-refractivity contribution in [3.8, 4) is 0 Å². The molecule has 1 aliphatic rings. The van der Waals surface area contributed by atoms with Crippen LogP contribution in [0.15, 0.2) is 42.5 Å². The molecule has 2 aromatic rings. The Hall–Kier alpha value is -3.09. The fourth-order valence-electron chi connectivity index (χ4n) is 3.50. The molecule has 1 aliphatic heterocycles. The van der Waals surface area contributed by atoms with Gasteiger partial charge in [0.2, 0.25) is 5.91 Å². The average molecular weight is 399 g/mol. The summed E-state index contributed by atoms with van der Waals surface area (Å²) in [5.74, 6) is -1.34. The number of benzene rings is 2. The molecule has 0 spiro atoms. The second-order valence-corrected chi connectivity index (χ2v) is 7.61. The summed E-state index contributed by atoms with van der Waals surface area (Å²) >= 11 is 0. The van der Waals surface area contributed by atoms with E-state index in [1.54, 1.807) is 24.3 Å². The summed E-state index contributed by atoms with van der Waals surface area (Å²) in [4.78, 5) is 27.8. The van der Waals surface area contributed by atoms with E-state index in [1.165, 1.54) is 6.07 Å². The molecule has 1 saturated heterocycles. The summed E-state index contributed by atoms with van der Waals surface area (Å²) in [5.41, 5.74) is 1.73. The molecule has 0 aromatic heterocycles. The van der Waals surface area contributed by atoms with Crippen molar-refractivity contribution in [2.24, 2.45) is 5.92 Å². The summed E-state index contributed by atoms with van der Waals surface area (Å²) in [7, 11) is 0. The number of halogens is 1. The van der Waals surface area contributed by atoms with Gasteiger partial charge in [-0.25, -0.2) is 9.18 Å². The Kier molecular flexibility index (Phi) is 6.36. The zero-order valence-corrected chi connectivity index (χ0v) is 16.7. The van der Waals surface area contributed by atoms with Crippen molar-refractivity contribution in [1.29, 1.82) is 0 Å². The number of rotatable bonds is 6. The van der Waals surface area contributed by atoms with E-state index in [0.29, 0.717) is 44.0 Å². The molecule has 0 bridgehead atoms. The SMILES string of the molecule is CC(C)CC(=O)Nc1ccc(N2CCN(c3ccccc3F)CC2)cc1C(=O)O. The van der Waals surface area contributed by atoms with Gasteiger partial charge in [-0.1, -0.05) is 26.0 Å². The van der Waals surface area contributed by atoms with Gasteiger partial charge in [-0.2, -0.15) is 0 Å². The highest BCUT2D eigenvalue weighted by atomic mass is 19.1. The number of piperazine rings is 1.